The monoisotopic (exact) mass is 295 g/mol. The molecule has 0 heterocycles. The van der Waals surface area contributed by atoms with Crippen molar-refractivity contribution in [2.75, 3.05) is 18.6 Å². The zero-order chi connectivity index (χ0) is 16.0. The van der Waals surface area contributed by atoms with Crippen LogP contribution >= 0.6 is 0 Å². The van der Waals surface area contributed by atoms with Crippen molar-refractivity contribution < 1.29 is 19.4 Å². The van der Waals surface area contributed by atoms with Crippen LogP contribution in [0.25, 0.3) is 0 Å². The smallest absolute Gasteiger partial charge is 0.414 e. The molecule has 0 atom stereocenters. The number of hydrogen-bond acceptors (Lipinski definition) is 5. The van der Waals surface area contributed by atoms with Crippen LogP contribution in [0.1, 0.15) is 23.6 Å². The molecule has 5 N–H and O–H groups in total. The summed E-state index contributed by atoms with van der Waals surface area (Å²) in [5, 5.41) is 9.06. The minimum absolute atomic E-state index is 0.167. The van der Waals surface area contributed by atoms with Gasteiger partial charge in [-0.2, -0.15) is 0 Å². The number of ether oxygens (including phenoxy) is 1. The van der Waals surface area contributed by atoms with Crippen LogP contribution in [0.3, 0.4) is 0 Å². The molecule has 0 aliphatic carbocycles. The molecule has 116 valence electrons. The molecule has 0 radical (unpaired) electrons. The lowest BCUT2D eigenvalue weighted by molar-refractivity contribution is -0.136. The Morgan fingerprint density at radius 1 is 1.29 bits per heavy atom. The van der Waals surface area contributed by atoms with Gasteiger partial charge in [0.05, 0.1) is 18.7 Å². The van der Waals surface area contributed by atoms with E-state index in [1.54, 1.807) is 19.1 Å². The van der Waals surface area contributed by atoms with E-state index < -0.39 is 12.1 Å². The Hall–Kier alpha value is -2.12. The number of hydrogen-bond donors (Lipinski definition) is 3. The van der Waals surface area contributed by atoms with Gasteiger partial charge in [-0.05, 0) is 29.7 Å². The van der Waals surface area contributed by atoms with Crippen molar-refractivity contribution >= 4 is 17.7 Å². The molecule has 7 nitrogen and oxygen atoms in total. The van der Waals surface area contributed by atoms with E-state index in [1.807, 2.05) is 0 Å². The summed E-state index contributed by atoms with van der Waals surface area (Å²) in [7, 11) is 1.53. The lowest BCUT2D eigenvalue weighted by Crippen LogP contribution is -2.29. The average Bonchev–Trinajstić information content (AvgIpc) is 2.46. The third-order valence-electron chi connectivity index (χ3n) is 3.07. The Morgan fingerprint density at radius 2 is 1.95 bits per heavy atom. The molecule has 7 heteroatoms. The molecular weight excluding hydrogens is 274 g/mol. The van der Waals surface area contributed by atoms with Crippen molar-refractivity contribution in [3.05, 3.63) is 28.8 Å². The van der Waals surface area contributed by atoms with E-state index in [1.165, 1.54) is 11.9 Å². The summed E-state index contributed by atoms with van der Waals surface area (Å²) in [6.45, 7) is 2.37. The van der Waals surface area contributed by atoms with E-state index in [2.05, 4.69) is 0 Å². The molecule has 21 heavy (non-hydrogen) atoms. The second-order valence-electron chi connectivity index (χ2n) is 4.49. The van der Waals surface area contributed by atoms with Crippen molar-refractivity contribution in [2.45, 2.75) is 26.4 Å². The lowest BCUT2D eigenvalue weighted by atomic mass is 9.98. The van der Waals surface area contributed by atoms with Gasteiger partial charge in [0.2, 0.25) is 0 Å². The highest BCUT2D eigenvalue weighted by Crippen LogP contribution is 2.27. The largest absolute Gasteiger partial charge is 0.481 e. The summed E-state index contributed by atoms with van der Waals surface area (Å²) in [6, 6.07) is 3.45. The number of anilines is 1. The normalized spacial score (nSPS) is 10.3. The first-order valence-electron chi connectivity index (χ1n) is 6.61. The van der Waals surface area contributed by atoms with E-state index in [4.69, 9.17) is 21.3 Å². The Labute approximate surface area is 123 Å². The van der Waals surface area contributed by atoms with Gasteiger partial charge in [-0.1, -0.05) is 6.07 Å². The van der Waals surface area contributed by atoms with E-state index >= 15 is 0 Å². The molecule has 0 saturated carbocycles. The Morgan fingerprint density at radius 3 is 2.43 bits per heavy atom. The number of carbonyl (C=O) groups excluding carboxylic acids is 1. The van der Waals surface area contributed by atoms with E-state index in [0.29, 0.717) is 16.8 Å². The van der Waals surface area contributed by atoms with Crippen molar-refractivity contribution in [1.82, 2.24) is 0 Å². The molecule has 1 aromatic rings. The molecule has 0 bridgehead atoms. The highest BCUT2D eigenvalue weighted by molar-refractivity contribution is 5.89. The van der Waals surface area contributed by atoms with E-state index in [9.17, 15) is 9.59 Å². The van der Waals surface area contributed by atoms with Crippen LogP contribution in [-0.4, -0.2) is 30.8 Å². The molecular formula is C14H21N3O4. The van der Waals surface area contributed by atoms with E-state index in [-0.39, 0.29) is 26.1 Å². The van der Waals surface area contributed by atoms with Gasteiger partial charge in [-0.3, -0.25) is 9.69 Å². The topological polar surface area (TPSA) is 119 Å². The summed E-state index contributed by atoms with van der Waals surface area (Å²) >= 11 is 0. The van der Waals surface area contributed by atoms with Crippen LogP contribution in [-0.2, 0) is 29.0 Å². The quantitative estimate of drug-likeness (QED) is 0.715. The van der Waals surface area contributed by atoms with Crippen LogP contribution in [0.5, 0.6) is 0 Å². The standard InChI is InChI=1S/C14H21N3O4/c1-3-21-14(20)17(2)12-5-9(7-15)4-10(8-16)11(12)6-13(18)19/h4-5H,3,6-8,15-16H2,1-2H3,(H,18,19). The molecule has 1 rings (SSSR count). The zero-order valence-electron chi connectivity index (χ0n) is 12.3. The lowest BCUT2D eigenvalue weighted by Gasteiger charge is -2.22. The summed E-state index contributed by atoms with van der Waals surface area (Å²) in [5.74, 6) is -0.997. The van der Waals surface area contributed by atoms with Gasteiger partial charge in [-0.25, -0.2) is 4.79 Å². The van der Waals surface area contributed by atoms with Gasteiger partial charge < -0.3 is 21.3 Å². The summed E-state index contributed by atoms with van der Waals surface area (Å²) in [4.78, 5) is 24.2. The number of nitrogens with zero attached hydrogens (tertiary/aromatic N) is 1. The fourth-order valence-electron chi connectivity index (χ4n) is 2.05. The molecule has 1 amide bonds. The molecule has 0 aliphatic rings. The molecule has 0 spiro atoms. The van der Waals surface area contributed by atoms with Gasteiger partial charge in [-0.15, -0.1) is 0 Å². The first-order chi connectivity index (χ1) is 9.94. The molecule has 0 saturated heterocycles. The minimum Gasteiger partial charge on any atom is -0.481 e. The second-order valence-corrected chi connectivity index (χ2v) is 4.49. The molecule has 0 aromatic heterocycles. The maximum absolute atomic E-state index is 11.9. The number of carboxylic acids is 1. The second kappa shape index (κ2) is 7.61. The first kappa shape index (κ1) is 16.9. The van der Waals surface area contributed by atoms with Crippen molar-refractivity contribution in [2.24, 2.45) is 11.5 Å². The number of carboxylic acid groups (broad SMARTS) is 1. The Kier molecular flexibility index (Phi) is 6.13. The highest BCUT2D eigenvalue weighted by atomic mass is 16.6. The Balaban J connectivity index is 3.36. The number of amides is 1. The maximum atomic E-state index is 11.9. The van der Waals surface area contributed by atoms with Gasteiger partial charge in [0, 0.05) is 20.1 Å². The van der Waals surface area contributed by atoms with Gasteiger partial charge in [0.25, 0.3) is 0 Å². The number of nitrogens with two attached hydrogens (primary N) is 2. The summed E-state index contributed by atoms with van der Waals surface area (Å²) < 4.78 is 4.94. The molecule has 0 fully saturated rings. The highest BCUT2D eigenvalue weighted by Gasteiger charge is 2.20. The predicted molar refractivity (Wildman–Crippen MR) is 79.0 cm³/mol. The fourth-order valence-corrected chi connectivity index (χ4v) is 2.05. The summed E-state index contributed by atoms with van der Waals surface area (Å²) in [5.41, 5.74) is 13.7. The third kappa shape index (κ3) is 4.17. The first-order valence-corrected chi connectivity index (χ1v) is 6.61. The van der Waals surface area contributed by atoms with Gasteiger partial charge in [0.1, 0.15) is 0 Å². The van der Waals surface area contributed by atoms with Crippen LogP contribution in [0.4, 0.5) is 10.5 Å². The van der Waals surface area contributed by atoms with Crippen molar-refractivity contribution in [3.8, 4) is 0 Å². The minimum atomic E-state index is -0.997. The van der Waals surface area contributed by atoms with Crippen molar-refractivity contribution in [3.63, 3.8) is 0 Å². The van der Waals surface area contributed by atoms with Crippen LogP contribution < -0.4 is 16.4 Å². The fraction of sp³-hybridized carbons (Fsp3) is 0.429. The van der Waals surface area contributed by atoms with Crippen LogP contribution in [0.2, 0.25) is 0 Å². The SMILES string of the molecule is CCOC(=O)N(C)c1cc(CN)cc(CN)c1CC(=O)O. The van der Waals surface area contributed by atoms with Crippen LogP contribution in [0.15, 0.2) is 12.1 Å². The molecule has 1 aromatic carbocycles. The predicted octanol–water partition coefficient (Wildman–Crippen LogP) is 0.824. The number of benzene rings is 1. The van der Waals surface area contributed by atoms with Gasteiger partial charge in [0.15, 0.2) is 0 Å². The van der Waals surface area contributed by atoms with Crippen molar-refractivity contribution in [1.29, 1.82) is 0 Å². The third-order valence-corrected chi connectivity index (χ3v) is 3.07. The Bertz CT molecular complexity index is 531. The number of aliphatic carboxylic acids is 1. The summed E-state index contributed by atoms with van der Waals surface area (Å²) in [6.07, 6.45) is -0.780. The van der Waals surface area contributed by atoms with Crippen LogP contribution in [0, 0.1) is 0 Å². The maximum Gasteiger partial charge on any atom is 0.414 e. The molecule has 0 aliphatic heterocycles. The zero-order valence-corrected chi connectivity index (χ0v) is 12.3. The van der Waals surface area contributed by atoms with Gasteiger partial charge >= 0.3 is 12.1 Å². The number of carbonyl (C=O) groups is 2. The number of rotatable bonds is 6. The average molecular weight is 295 g/mol. The molecule has 0 unspecified atom stereocenters. The van der Waals surface area contributed by atoms with E-state index in [0.717, 1.165) is 5.56 Å².